The Labute approximate surface area is 162 Å². The summed E-state index contributed by atoms with van der Waals surface area (Å²) in [5, 5.41) is 0. The van der Waals surface area contributed by atoms with E-state index in [2.05, 4.69) is 79.7 Å². The third kappa shape index (κ3) is 4.06. The molecule has 2 atom stereocenters. The highest BCUT2D eigenvalue weighted by atomic mass is 16.5. The van der Waals surface area contributed by atoms with Crippen LogP contribution in [0.1, 0.15) is 28.2 Å². The van der Waals surface area contributed by atoms with Crippen molar-refractivity contribution in [2.75, 3.05) is 14.1 Å². The van der Waals surface area contributed by atoms with Gasteiger partial charge in [0.15, 0.2) is 0 Å². The van der Waals surface area contributed by atoms with E-state index < -0.39 is 0 Å². The highest BCUT2D eigenvalue weighted by Crippen LogP contribution is 2.38. The molecule has 1 aliphatic rings. The summed E-state index contributed by atoms with van der Waals surface area (Å²) in [5.41, 5.74) is 5.58. The lowest BCUT2D eigenvalue weighted by Gasteiger charge is -2.27. The fourth-order valence-corrected chi connectivity index (χ4v) is 4.16. The van der Waals surface area contributed by atoms with E-state index in [1.54, 1.807) is 0 Å². The standard InChI is InChI=1S/C25H27NO/c1-26(2)25-17-21-10-6-7-11-23(21)24(25)16-19-12-14-22(15-13-19)27-18-20-8-4-3-5-9-20/h3-15,24-25H,16-18H2,1-2H3. The second-order valence-corrected chi connectivity index (χ2v) is 7.66. The predicted molar refractivity (Wildman–Crippen MR) is 111 cm³/mol. The number of likely N-dealkylation sites (N-methyl/N-ethyl adjacent to an activating group) is 1. The van der Waals surface area contributed by atoms with Crippen LogP contribution in [0.25, 0.3) is 0 Å². The molecule has 0 bridgehead atoms. The normalized spacial score (nSPS) is 18.5. The van der Waals surface area contributed by atoms with E-state index in [4.69, 9.17) is 4.74 Å². The molecule has 3 aromatic rings. The predicted octanol–water partition coefficient (Wildman–Crippen LogP) is 5.08. The first-order valence-electron chi connectivity index (χ1n) is 9.70. The molecular weight excluding hydrogens is 330 g/mol. The van der Waals surface area contributed by atoms with E-state index in [-0.39, 0.29) is 0 Å². The summed E-state index contributed by atoms with van der Waals surface area (Å²) in [6.45, 7) is 0.610. The van der Waals surface area contributed by atoms with Crippen LogP contribution in [0.3, 0.4) is 0 Å². The highest BCUT2D eigenvalue weighted by Gasteiger charge is 2.33. The molecule has 0 aliphatic heterocycles. The average molecular weight is 357 g/mol. The van der Waals surface area contributed by atoms with Gasteiger partial charge >= 0.3 is 0 Å². The third-order valence-corrected chi connectivity index (χ3v) is 5.64. The van der Waals surface area contributed by atoms with Crippen molar-refractivity contribution in [3.8, 4) is 5.75 Å². The first-order valence-corrected chi connectivity index (χ1v) is 9.70. The molecule has 2 heteroatoms. The smallest absolute Gasteiger partial charge is 0.119 e. The number of benzene rings is 3. The van der Waals surface area contributed by atoms with Gasteiger partial charge in [0.05, 0.1) is 0 Å². The molecule has 1 aliphatic carbocycles. The summed E-state index contributed by atoms with van der Waals surface area (Å²) in [5.74, 6) is 1.48. The Morgan fingerprint density at radius 1 is 0.815 bits per heavy atom. The molecule has 0 spiro atoms. The Bertz CT molecular complexity index is 870. The fourth-order valence-electron chi connectivity index (χ4n) is 4.16. The molecule has 0 saturated carbocycles. The third-order valence-electron chi connectivity index (χ3n) is 5.64. The molecule has 3 aromatic carbocycles. The Morgan fingerprint density at radius 3 is 2.26 bits per heavy atom. The zero-order valence-corrected chi connectivity index (χ0v) is 16.1. The van der Waals surface area contributed by atoms with Crippen LogP contribution in [-0.4, -0.2) is 25.0 Å². The largest absolute Gasteiger partial charge is 0.489 e. The first-order chi connectivity index (χ1) is 13.2. The second-order valence-electron chi connectivity index (χ2n) is 7.66. The number of fused-ring (bicyclic) bond motifs is 1. The van der Waals surface area contributed by atoms with Crippen molar-refractivity contribution in [1.29, 1.82) is 0 Å². The van der Waals surface area contributed by atoms with Gasteiger partial charge in [0.2, 0.25) is 0 Å². The van der Waals surface area contributed by atoms with Crippen LogP contribution in [0, 0.1) is 0 Å². The van der Waals surface area contributed by atoms with Gasteiger partial charge < -0.3 is 9.64 Å². The zero-order chi connectivity index (χ0) is 18.6. The van der Waals surface area contributed by atoms with Gasteiger partial charge in [-0.1, -0.05) is 66.7 Å². The quantitative estimate of drug-likeness (QED) is 0.610. The van der Waals surface area contributed by atoms with Gasteiger partial charge in [-0.05, 0) is 61.3 Å². The van der Waals surface area contributed by atoms with Crippen LogP contribution in [0.15, 0.2) is 78.9 Å². The number of hydrogen-bond acceptors (Lipinski definition) is 2. The maximum Gasteiger partial charge on any atom is 0.119 e. The van der Waals surface area contributed by atoms with Gasteiger partial charge in [0, 0.05) is 12.0 Å². The van der Waals surface area contributed by atoms with Crippen molar-refractivity contribution in [3.63, 3.8) is 0 Å². The van der Waals surface area contributed by atoms with Crippen LogP contribution in [-0.2, 0) is 19.4 Å². The summed E-state index contributed by atoms with van der Waals surface area (Å²) in [6.07, 6.45) is 2.21. The van der Waals surface area contributed by atoms with Crippen LogP contribution >= 0.6 is 0 Å². The fraction of sp³-hybridized carbons (Fsp3) is 0.280. The molecule has 0 radical (unpaired) electrons. The maximum atomic E-state index is 5.92. The molecule has 27 heavy (non-hydrogen) atoms. The molecule has 4 rings (SSSR count). The summed E-state index contributed by atoms with van der Waals surface area (Å²) in [4.78, 5) is 2.38. The Morgan fingerprint density at radius 2 is 1.52 bits per heavy atom. The van der Waals surface area contributed by atoms with Gasteiger partial charge in [-0.25, -0.2) is 0 Å². The summed E-state index contributed by atoms with van der Waals surface area (Å²) in [7, 11) is 4.40. The van der Waals surface area contributed by atoms with Crippen molar-refractivity contribution >= 4 is 0 Å². The van der Waals surface area contributed by atoms with Crippen LogP contribution in [0.5, 0.6) is 5.75 Å². The highest BCUT2D eigenvalue weighted by molar-refractivity contribution is 5.40. The molecule has 2 unspecified atom stereocenters. The maximum absolute atomic E-state index is 5.92. The van der Waals surface area contributed by atoms with E-state index in [1.165, 1.54) is 22.3 Å². The second kappa shape index (κ2) is 7.98. The minimum atomic E-state index is 0.548. The monoisotopic (exact) mass is 357 g/mol. The minimum Gasteiger partial charge on any atom is -0.489 e. The van der Waals surface area contributed by atoms with Crippen molar-refractivity contribution in [2.24, 2.45) is 0 Å². The van der Waals surface area contributed by atoms with Gasteiger partial charge in [0.25, 0.3) is 0 Å². The zero-order valence-electron chi connectivity index (χ0n) is 16.1. The Hall–Kier alpha value is -2.58. The van der Waals surface area contributed by atoms with Gasteiger partial charge in [-0.15, -0.1) is 0 Å². The summed E-state index contributed by atoms with van der Waals surface area (Å²) >= 11 is 0. The van der Waals surface area contributed by atoms with Gasteiger partial charge in [0.1, 0.15) is 12.4 Å². The Balaban J connectivity index is 1.44. The Kier molecular flexibility index (Phi) is 5.26. The minimum absolute atomic E-state index is 0.548. The first kappa shape index (κ1) is 17.8. The number of ether oxygens (including phenoxy) is 1. The molecule has 0 fully saturated rings. The van der Waals surface area contributed by atoms with Crippen LogP contribution in [0.2, 0.25) is 0 Å². The average Bonchev–Trinajstić information content (AvgIpc) is 3.07. The van der Waals surface area contributed by atoms with E-state index in [0.717, 1.165) is 18.6 Å². The topological polar surface area (TPSA) is 12.5 Å². The van der Waals surface area contributed by atoms with E-state index >= 15 is 0 Å². The molecular formula is C25H27NO. The van der Waals surface area contributed by atoms with Crippen molar-refractivity contribution in [2.45, 2.75) is 31.4 Å². The van der Waals surface area contributed by atoms with Crippen LogP contribution < -0.4 is 4.74 Å². The SMILES string of the molecule is CN(C)C1Cc2ccccc2C1Cc1ccc(OCc2ccccc2)cc1. The number of rotatable bonds is 6. The van der Waals surface area contributed by atoms with Gasteiger partial charge in [-0.2, -0.15) is 0 Å². The molecule has 138 valence electrons. The molecule has 0 amide bonds. The van der Waals surface area contributed by atoms with Crippen molar-refractivity contribution < 1.29 is 4.74 Å². The lowest BCUT2D eigenvalue weighted by Crippen LogP contribution is -2.32. The molecule has 0 N–H and O–H groups in total. The molecule has 0 aromatic heterocycles. The van der Waals surface area contributed by atoms with Gasteiger partial charge in [-0.3, -0.25) is 0 Å². The van der Waals surface area contributed by atoms with Crippen molar-refractivity contribution in [1.82, 2.24) is 4.90 Å². The summed E-state index contributed by atoms with van der Waals surface area (Å²) < 4.78 is 5.92. The lowest BCUT2D eigenvalue weighted by atomic mass is 9.90. The molecule has 2 nitrogen and oxygen atoms in total. The van der Waals surface area contributed by atoms with E-state index in [0.29, 0.717) is 18.6 Å². The van der Waals surface area contributed by atoms with Crippen LogP contribution in [0.4, 0.5) is 0 Å². The van der Waals surface area contributed by atoms with Crippen molar-refractivity contribution in [3.05, 3.63) is 101 Å². The molecule has 0 heterocycles. The number of hydrogen-bond donors (Lipinski definition) is 0. The van der Waals surface area contributed by atoms with E-state index in [9.17, 15) is 0 Å². The van der Waals surface area contributed by atoms with E-state index in [1.807, 2.05) is 18.2 Å². The lowest BCUT2D eigenvalue weighted by molar-refractivity contribution is 0.265. The number of nitrogens with zero attached hydrogens (tertiary/aromatic N) is 1. The summed E-state index contributed by atoms with van der Waals surface area (Å²) in [6, 6.07) is 28.4. The molecule has 0 saturated heterocycles.